The predicted octanol–water partition coefficient (Wildman–Crippen LogP) is 2.83. The molecule has 6 heteroatoms. The minimum atomic E-state index is 0.0282. The van der Waals surface area contributed by atoms with Crippen molar-refractivity contribution in [2.24, 2.45) is 5.92 Å². The molecule has 1 aliphatic heterocycles. The van der Waals surface area contributed by atoms with Crippen LogP contribution in [0.2, 0.25) is 0 Å². The SMILES string of the molecule is COc1ccccc1OCC(=O)N1CCC(Cn2nc(C)cc2C)CC1. The second kappa shape index (κ2) is 8.25. The van der Waals surface area contributed by atoms with Crippen molar-refractivity contribution >= 4 is 5.91 Å². The Morgan fingerprint density at radius 3 is 2.50 bits per heavy atom. The third-order valence-electron chi connectivity index (χ3n) is 4.92. The maximum absolute atomic E-state index is 12.4. The van der Waals surface area contributed by atoms with E-state index in [0.29, 0.717) is 17.4 Å². The molecular formula is C20H27N3O3. The summed E-state index contributed by atoms with van der Waals surface area (Å²) in [4.78, 5) is 14.3. The van der Waals surface area contributed by atoms with Crippen LogP contribution in [0.3, 0.4) is 0 Å². The average molecular weight is 357 g/mol. The van der Waals surface area contributed by atoms with Gasteiger partial charge in [0.15, 0.2) is 18.1 Å². The number of para-hydroxylation sites is 2. The fourth-order valence-electron chi connectivity index (χ4n) is 3.44. The van der Waals surface area contributed by atoms with Gasteiger partial charge in [0, 0.05) is 25.3 Å². The lowest BCUT2D eigenvalue weighted by Gasteiger charge is -2.32. The number of likely N-dealkylation sites (tertiary alicyclic amines) is 1. The van der Waals surface area contributed by atoms with Crippen molar-refractivity contribution in [3.63, 3.8) is 0 Å². The highest BCUT2D eigenvalue weighted by atomic mass is 16.5. The number of aryl methyl sites for hydroxylation is 2. The summed E-state index contributed by atoms with van der Waals surface area (Å²) >= 11 is 0. The van der Waals surface area contributed by atoms with Crippen LogP contribution in [0, 0.1) is 19.8 Å². The van der Waals surface area contributed by atoms with Crippen LogP contribution >= 0.6 is 0 Å². The molecule has 0 unspecified atom stereocenters. The van der Waals surface area contributed by atoms with Crippen LogP contribution in [0.5, 0.6) is 11.5 Å². The van der Waals surface area contributed by atoms with Crippen molar-refractivity contribution in [3.05, 3.63) is 41.7 Å². The smallest absolute Gasteiger partial charge is 0.260 e. The standard InChI is InChI=1S/C20H27N3O3/c1-15-12-16(2)23(21-15)13-17-8-10-22(11-9-17)20(24)14-26-19-7-5-4-6-18(19)25-3/h4-7,12,17H,8-11,13-14H2,1-3H3. The van der Waals surface area contributed by atoms with Gasteiger partial charge in [-0.1, -0.05) is 12.1 Å². The number of aromatic nitrogens is 2. The number of hydrogen-bond donors (Lipinski definition) is 0. The summed E-state index contributed by atoms with van der Waals surface area (Å²) in [5, 5.41) is 4.54. The number of piperidine rings is 1. The third-order valence-corrected chi connectivity index (χ3v) is 4.92. The van der Waals surface area contributed by atoms with Crippen molar-refractivity contribution in [2.45, 2.75) is 33.2 Å². The van der Waals surface area contributed by atoms with Crippen LogP contribution < -0.4 is 9.47 Å². The summed E-state index contributed by atoms with van der Waals surface area (Å²) in [5.41, 5.74) is 2.26. The van der Waals surface area contributed by atoms with E-state index in [1.807, 2.05) is 36.1 Å². The van der Waals surface area contributed by atoms with Gasteiger partial charge in [-0.3, -0.25) is 9.48 Å². The van der Waals surface area contributed by atoms with Gasteiger partial charge in [0.2, 0.25) is 0 Å². The topological polar surface area (TPSA) is 56.6 Å². The van der Waals surface area contributed by atoms with E-state index >= 15 is 0 Å². The molecule has 2 aromatic rings. The molecule has 0 spiro atoms. The molecular weight excluding hydrogens is 330 g/mol. The lowest BCUT2D eigenvalue weighted by molar-refractivity contribution is -0.134. The Labute approximate surface area is 154 Å². The summed E-state index contributed by atoms with van der Waals surface area (Å²) in [5.74, 6) is 1.83. The summed E-state index contributed by atoms with van der Waals surface area (Å²) in [7, 11) is 1.59. The highest BCUT2D eigenvalue weighted by molar-refractivity contribution is 5.78. The number of rotatable bonds is 6. The molecule has 1 aromatic heterocycles. The zero-order valence-electron chi connectivity index (χ0n) is 15.8. The molecule has 26 heavy (non-hydrogen) atoms. The zero-order valence-corrected chi connectivity index (χ0v) is 15.8. The highest BCUT2D eigenvalue weighted by Crippen LogP contribution is 2.26. The summed E-state index contributed by atoms with van der Waals surface area (Å²) < 4.78 is 13.0. The number of carbonyl (C=O) groups is 1. The second-order valence-electron chi connectivity index (χ2n) is 6.87. The molecule has 0 aliphatic carbocycles. The van der Waals surface area contributed by atoms with E-state index in [2.05, 4.69) is 22.8 Å². The first kappa shape index (κ1) is 18.3. The van der Waals surface area contributed by atoms with E-state index in [0.717, 1.165) is 38.2 Å². The fourth-order valence-corrected chi connectivity index (χ4v) is 3.44. The minimum absolute atomic E-state index is 0.0282. The van der Waals surface area contributed by atoms with Gasteiger partial charge < -0.3 is 14.4 Å². The number of carbonyl (C=O) groups excluding carboxylic acids is 1. The first-order valence-corrected chi connectivity index (χ1v) is 9.11. The molecule has 0 bridgehead atoms. The van der Waals surface area contributed by atoms with Crippen LogP contribution in [0.15, 0.2) is 30.3 Å². The number of benzene rings is 1. The second-order valence-corrected chi connectivity index (χ2v) is 6.87. The number of methoxy groups -OCH3 is 1. The van der Waals surface area contributed by atoms with Crippen molar-refractivity contribution < 1.29 is 14.3 Å². The molecule has 140 valence electrons. The maximum atomic E-state index is 12.4. The van der Waals surface area contributed by atoms with Crippen molar-refractivity contribution in [1.29, 1.82) is 0 Å². The lowest BCUT2D eigenvalue weighted by Crippen LogP contribution is -2.41. The number of amides is 1. The normalized spacial score (nSPS) is 15.1. The van der Waals surface area contributed by atoms with Gasteiger partial charge in [-0.25, -0.2) is 0 Å². The Kier molecular flexibility index (Phi) is 5.81. The third kappa shape index (κ3) is 4.36. The van der Waals surface area contributed by atoms with Crippen molar-refractivity contribution in [3.8, 4) is 11.5 Å². The van der Waals surface area contributed by atoms with Crippen LogP contribution in [0.1, 0.15) is 24.2 Å². The zero-order chi connectivity index (χ0) is 18.5. The van der Waals surface area contributed by atoms with Crippen LogP contribution in [-0.2, 0) is 11.3 Å². The average Bonchev–Trinajstić information content (AvgIpc) is 2.97. The molecule has 3 rings (SSSR count). The highest BCUT2D eigenvalue weighted by Gasteiger charge is 2.24. The first-order chi connectivity index (χ1) is 12.6. The molecule has 6 nitrogen and oxygen atoms in total. The van der Waals surface area contributed by atoms with E-state index in [1.165, 1.54) is 5.69 Å². The molecule has 2 heterocycles. The van der Waals surface area contributed by atoms with Crippen LogP contribution in [0.25, 0.3) is 0 Å². The Morgan fingerprint density at radius 2 is 1.88 bits per heavy atom. The first-order valence-electron chi connectivity index (χ1n) is 9.11. The monoisotopic (exact) mass is 357 g/mol. The molecule has 1 aliphatic rings. The largest absolute Gasteiger partial charge is 0.493 e. The van der Waals surface area contributed by atoms with E-state index < -0.39 is 0 Å². The van der Waals surface area contributed by atoms with Crippen molar-refractivity contribution in [1.82, 2.24) is 14.7 Å². The van der Waals surface area contributed by atoms with Gasteiger partial charge in [0.25, 0.3) is 5.91 Å². The van der Waals surface area contributed by atoms with Gasteiger partial charge in [-0.05, 0) is 50.8 Å². The van der Waals surface area contributed by atoms with Crippen LogP contribution in [-0.4, -0.2) is 47.4 Å². The molecule has 0 radical (unpaired) electrons. The maximum Gasteiger partial charge on any atom is 0.260 e. The van der Waals surface area contributed by atoms with E-state index in [9.17, 15) is 4.79 Å². The van der Waals surface area contributed by atoms with E-state index in [1.54, 1.807) is 7.11 Å². The molecule has 1 amide bonds. The molecule has 0 atom stereocenters. The Morgan fingerprint density at radius 1 is 1.19 bits per heavy atom. The van der Waals surface area contributed by atoms with E-state index in [4.69, 9.17) is 9.47 Å². The Bertz CT molecular complexity index is 749. The molecule has 1 fully saturated rings. The van der Waals surface area contributed by atoms with E-state index in [-0.39, 0.29) is 12.5 Å². The number of hydrogen-bond acceptors (Lipinski definition) is 4. The molecule has 1 saturated heterocycles. The summed E-state index contributed by atoms with van der Waals surface area (Å²) in [6.07, 6.45) is 2.00. The molecule has 0 saturated carbocycles. The Hall–Kier alpha value is -2.50. The number of nitrogens with zero attached hydrogens (tertiary/aromatic N) is 3. The molecule has 0 N–H and O–H groups in total. The van der Waals surface area contributed by atoms with Gasteiger partial charge in [0.1, 0.15) is 0 Å². The fraction of sp³-hybridized carbons (Fsp3) is 0.500. The van der Waals surface area contributed by atoms with Crippen molar-refractivity contribution in [2.75, 3.05) is 26.8 Å². The van der Waals surface area contributed by atoms with Crippen LogP contribution in [0.4, 0.5) is 0 Å². The lowest BCUT2D eigenvalue weighted by atomic mass is 9.97. The number of ether oxygens (including phenoxy) is 2. The van der Waals surface area contributed by atoms with Gasteiger partial charge in [0.05, 0.1) is 12.8 Å². The van der Waals surface area contributed by atoms with Gasteiger partial charge in [-0.15, -0.1) is 0 Å². The van der Waals surface area contributed by atoms with Gasteiger partial charge in [-0.2, -0.15) is 5.10 Å². The molecule has 1 aromatic carbocycles. The summed E-state index contributed by atoms with van der Waals surface area (Å²) in [6, 6.07) is 9.48. The van der Waals surface area contributed by atoms with Gasteiger partial charge >= 0.3 is 0 Å². The Balaban J connectivity index is 1.47. The predicted molar refractivity (Wildman–Crippen MR) is 99.5 cm³/mol. The quantitative estimate of drug-likeness (QED) is 0.798. The summed E-state index contributed by atoms with van der Waals surface area (Å²) in [6.45, 7) is 6.64. The minimum Gasteiger partial charge on any atom is -0.493 e.